The van der Waals surface area contributed by atoms with Gasteiger partial charge in [-0.25, -0.2) is 0 Å². The van der Waals surface area contributed by atoms with E-state index in [2.05, 4.69) is 27.9 Å². The fourth-order valence-corrected chi connectivity index (χ4v) is 2.28. The van der Waals surface area contributed by atoms with E-state index in [4.69, 9.17) is 0 Å². The highest BCUT2D eigenvalue weighted by Crippen LogP contribution is 2.13. The summed E-state index contributed by atoms with van der Waals surface area (Å²) in [6.07, 6.45) is 0. The molecule has 0 fully saturated rings. The van der Waals surface area contributed by atoms with Gasteiger partial charge in [0, 0.05) is 9.13 Å². The molecule has 0 radical (unpaired) electrons. The first-order valence-electron chi connectivity index (χ1n) is 5.78. The Labute approximate surface area is 121 Å². The molecule has 0 aliphatic rings. The number of nitrogens with one attached hydrogen (secondary N) is 1. The maximum absolute atomic E-state index is 12.1. The molecule has 1 amide bonds. The average Bonchev–Trinajstić information content (AvgIpc) is 2.39. The summed E-state index contributed by atoms with van der Waals surface area (Å²) in [5.41, 5.74) is 1.81. The molecule has 2 aromatic rings. The predicted molar refractivity (Wildman–Crippen MR) is 81.5 cm³/mol. The molecule has 0 spiro atoms. The zero-order chi connectivity index (χ0) is 13.0. The number of hydrogen-bond donors (Lipinski definition) is 1. The quantitative estimate of drug-likeness (QED) is 0.838. The molecule has 0 bridgehead atoms. The number of hydrogen-bond acceptors (Lipinski definition) is 1. The highest BCUT2D eigenvalue weighted by atomic mass is 127. The molecule has 0 aliphatic heterocycles. The van der Waals surface area contributed by atoms with Crippen molar-refractivity contribution in [3.05, 3.63) is 69.3 Å². The fourth-order valence-electron chi connectivity index (χ4n) is 1.73. The Morgan fingerprint density at radius 1 is 1.11 bits per heavy atom. The predicted octanol–water partition coefficient (Wildman–Crippen LogP) is 3.78. The van der Waals surface area contributed by atoms with E-state index in [0.29, 0.717) is 5.56 Å². The van der Waals surface area contributed by atoms with Gasteiger partial charge in [0.1, 0.15) is 0 Å². The molecular formula is C15H14INO. The zero-order valence-corrected chi connectivity index (χ0v) is 12.2. The topological polar surface area (TPSA) is 29.1 Å². The van der Waals surface area contributed by atoms with Crippen molar-refractivity contribution in [3.8, 4) is 0 Å². The van der Waals surface area contributed by atoms with Gasteiger partial charge in [-0.1, -0.05) is 36.4 Å². The lowest BCUT2D eigenvalue weighted by atomic mass is 10.1. The third-order valence-electron chi connectivity index (χ3n) is 2.73. The molecule has 92 valence electrons. The number of carbonyl (C=O) groups is 1. The van der Waals surface area contributed by atoms with Crippen molar-refractivity contribution in [2.45, 2.75) is 13.0 Å². The summed E-state index contributed by atoms with van der Waals surface area (Å²) in [7, 11) is 0. The lowest BCUT2D eigenvalue weighted by Gasteiger charge is -2.14. The minimum Gasteiger partial charge on any atom is -0.346 e. The summed E-state index contributed by atoms with van der Waals surface area (Å²) in [5, 5.41) is 3.00. The molecule has 1 N–H and O–H groups in total. The number of carbonyl (C=O) groups excluding carboxylic acids is 1. The van der Waals surface area contributed by atoms with Gasteiger partial charge in [0.05, 0.1) is 6.04 Å². The SMILES string of the molecule is C[C@H](NC(=O)c1cccc(I)c1)c1ccccc1. The molecule has 0 aromatic heterocycles. The molecule has 0 heterocycles. The van der Waals surface area contributed by atoms with Gasteiger partial charge in [0.15, 0.2) is 0 Å². The maximum Gasteiger partial charge on any atom is 0.251 e. The number of amides is 1. The molecule has 1 atom stereocenters. The second-order valence-corrected chi connectivity index (χ2v) is 5.36. The molecule has 0 saturated carbocycles. The Balaban J connectivity index is 2.08. The van der Waals surface area contributed by atoms with E-state index in [1.54, 1.807) is 0 Å². The Bertz CT molecular complexity index is 539. The van der Waals surface area contributed by atoms with Crippen LogP contribution in [0.4, 0.5) is 0 Å². The highest BCUT2D eigenvalue weighted by Gasteiger charge is 2.10. The van der Waals surface area contributed by atoms with Crippen LogP contribution in [0, 0.1) is 3.57 Å². The van der Waals surface area contributed by atoms with Crippen LogP contribution in [0.3, 0.4) is 0 Å². The van der Waals surface area contributed by atoms with E-state index in [9.17, 15) is 4.79 Å². The first-order valence-corrected chi connectivity index (χ1v) is 6.86. The standard InChI is InChI=1S/C15H14INO/c1-11(12-6-3-2-4-7-12)17-15(18)13-8-5-9-14(16)10-13/h2-11H,1H3,(H,17,18)/t11-/m0/s1. The molecule has 0 aliphatic carbocycles. The van der Waals surface area contributed by atoms with Crippen molar-refractivity contribution in [1.82, 2.24) is 5.32 Å². The largest absolute Gasteiger partial charge is 0.346 e. The Morgan fingerprint density at radius 3 is 2.50 bits per heavy atom. The normalized spacial score (nSPS) is 11.9. The average molecular weight is 351 g/mol. The van der Waals surface area contributed by atoms with E-state index in [0.717, 1.165) is 9.13 Å². The number of rotatable bonds is 3. The first kappa shape index (κ1) is 13.1. The van der Waals surface area contributed by atoms with Crippen molar-refractivity contribution in [2.75, 3.05) is 0 Å². The molecular weight excluding hydrogens is 337 g/mol. The zero-order valence-electron chi connectivity index (χ0n) is 10.1. The van der Waals surface area contributed by atoms with Crippen LogP contribution in [0.5, 0.6) is 0 Å². The van der Waals surface area contributed by atoms with Gasteiger partial charge < -0.3 is 5.32 Å². The summed E-state index contributed by atoms with van der Waals surface area (Å²) in [4.78, 5) is 12.1. The van der Waals surface area contributed by atoms with Gasteiger partial charge in [0.25, 0.3) is 5.91 Å². The Kier molecular flexibility index (Phi) is 4.36. The van der Waals surface area contributed by atoms with Gasteiger partial charge in [0.2, 0.25) is 0 Å². The van der Waals surface area contributed by atoms with Crippen LogP contribution >= 0.6 is 22.6 Å². The molecule has 2 aromatic carbocycles. The maximum atomic E-state index is 12.1. The number of halogens is 1. The van der Waals surface area contributed by atoms with Crippen LogP contribution in [-0.2, 0) is 0 Å². The minimum absolute atomic E-state index is 0.0107. The third kappa shape index (κ3) is 3.32. The molecule has 2 nitrogen and oxygen atoms in total. The van der Waals surface area contributed by atoms with E-state index in [1.165, 1.54) is 0 Å². The van der Waals surface area contributed by atoms with Gasteiger partial charge in [-0.3, -0.25) is 4.79 Å². The van der Waals surface area contributed by atoms with Gasteiger partial charge in [-0.2, -0.15) is 0 Å². The smallest absolute Gasteiger partial charge is 0.251 e. The Morgan fingerprint density at radius 2 is 1.83 bits per heavy atom. The molecule has 2 rings (SSSR count). The van der Waals surface area contributed by atoms with Gasteiger partial charge in [-0.15, -0.1) is 0 Å². The minimum atomic E-state index is -0.0372. The summed E-state index contributed by atoms with van der Waals surface area (Å²) in [6, 6.07) is 17.5. The summed E-state index contributed by atoms with van der Waals surface area (Å²) < 4.78 is 1.06. The Hall–Kier alpha value is -1.36. The second-order valence-electron chi connectivity index (χ2n) is 4.12. The van der Waals surface area contributed by atoms with Crippen LogP contribution in [0.25, 0.3) is 0 Å². The first-order chi connectivity index (χ1) is 8.66. The number of benzene rings is 2. The monoisotopic (exact) mass is 351 g/mol. The van der Waals surface area contributed by atoms with E-state index in [-0.39, 0.29) is 11.9 Å². The molecule has 0 saturated heterocycles. The van der Waals surface area contributed by atoms with E-state index >= 15 is 0 Å². The van der Waals surface area contributed by atoms with Crippen LogP contribution in [0.15, 0.2) is 54.6 Å². The second kappa shape index (κ2) is 6.00. The van der Waals surface area contributed by atoms with E-state index in [1.807, 2.05) is 61.5 Å². The van der Waals surface area contributed by atoms with Crippen molar-refractivity contribution in [3.63, 3.8) is 0 Å². The third-order valence-corrected chi connectivity index (χ3v) is 3.40. The van der Waals surface area contributed by atoms with Crippen LogP contribution < -0.4 is 5.32 Å². The highest BCUT2D eigenvalue weighted by molar-refractivity contribution is 14.1. The molecule has 3 heteroatoms. The van der Waals surface area contributed by atoms with Crippen molar-refractivity contribution < 1.29 is 4.79 Å². The molecule has 18 heavy (non-hydrogen) atoms. The van der Waals surface area contributed by atoms with Gasteiger partial charge in [-0.05, 0) is 53.3 Å². The van der Waals surface area contributed by atoms with Crippen LogP contribution in [0.2, 0.25) is 0 Å². The summed E-state index contributed by atoms with van der Waals surface area (Å²) in [6.45, 7) is 1.99. The lowest BCUT2D eigenvalue weighted by Crippen LogP contribution is -2.26. The lowest BCUT2D eigenvalue weighted by molar-refractivity contribution is 0.0940. The van der Waals surface area contributed by atoms with E-state index < -0.39 is 0 Å². The van der Waals surface area contributed by atoms with Crippen LogP contribution in [0.1, 0.15) is 28.9 Å². The van der Waals surface area contributed by atoms with Crippen molar-refractivity contribution in [2.24, 2.45) is 0 Å². The van der Waals surface area contributed by atoms with Gasteiger partial charge >= 0.3 is 0 Å². The van der Waals surface area contributed by atoms with Crippen LogP contribution in [-0.4, -0.2) is 5.91 Å². The summed E-state index contributed by atoms with van der Waals surface area (Å²) >= 11 is 2.20. The van der Waals surface area contributed by atoms with Crippen molar-refractivity contribution >= 4 is 28.5 Å². The summed E-state index contributed by atoms with van der Waals surface area (Å²) in [5.74, 6) is -0.0372. The molecule has 0 unspecified atom stereocenters. The fraction of sp³-hybridized carbons (Fsp3) is 0.133. The van der Waals surface area contributed by atoms with Crippen molar-refractivity contribution in [1.29, 1.82) is 0 Å².